The van der Waals surface area contributed by atoms with E-state index < -0.39 is 17.7 Å². The van der Waals surface area contributed by atoms with Crippen molar-refractivity contribution in [2.24, 2.45) is 11.8 Å². The first-order chi connectivity index (χ1) is 15.5. The summed E-state index contributed by atoms with van der Waals surface area (Å²) in [6.45, 7) is 4.58. The summed E-state index contributed by atoms with van der Waals surface area (Å²) in [4.78, 5) is 13.5. The Morgan fingerprint density at radius 3 is 2.30 bits per heavy atom. The maximum Gasteiger partial charge on any atom is 0.416 e. The van der Waals surface area contributed by atoms with Crippen LogP contribution in [0.2, 0.25) is 5.02 Å². The van der Waals surface area contributed by atoms with Gasteiger partial charge >= 0.3 is 12.1 Å². The molecule has 1 aliphatic heterocycles. The van der Waals surface area contributed by atoms with Crippen molar-refractivity contribution in [2.75, 3.05) is 6.54 Å². The first-order valence-corrected chi connectivity index (χ1v) is 11.3. The number of aliphatic carboxylic acids is 1. The van der Waals surface area contributed by atoms with Gasteiger partial charge in [0.25, 0.3) is 0 Å². The lowest BCUT2D eigenvalue weighted by Gasteiger charge is -2.42. The van der Waals surface area contributed by atoms with Crippen LogP contribution in [0.15, 0.2) is 48.5 Å². The molecule has 0 bridgehead atoms. The quantitative estimate of drug-likeness (QED) is 0.472. The Morgan fingerprint density at radius 2 is 1.76 bits per heavy atom. The van der Waals surface area contributed by atoms with Crippen LogP contribution >= 0.6 is 11.6 Å². The average molecular weight is 478 g/mol. The Morgan fingerprint density at radius 1 is 1.12 bits per heavy atom. The zero-order chi connectivity index (χ0) is 24.2. The maximum absolute atomic E-state index is 13.1. The standard InChI is InChI=1S/C26H27ClF3NO2/c1-17(2)3-12-23(19-6-10-22(27)11-7-19)31-14-13-18(16-25(32)33)15-24(31)20-4-8-21(9-5-20)26(28,29)30/h4-11,17-18,23-24H,13-16H2,1-2H3,(H,32,33)/t18-,23-,24+/m1/s1. The van der Waals surface area contributed by atoms with Crippen LogP contribution in [0.25, 0.3) is 0 Å². The molecule has 33 heavy (non-hydrogen) atoms. The van der Waals surface area contributed by atoms with E-state index in [0.717, 1.165) is 23.3 Å². The van der Waals surface area contributed by atoms with Gasteiger partial charge in [0.2, 0.25) is 0 Å². The van der Waals surface area contributed by atoms with E-state index in [4.69, 9.17) is 11.6 Å². The minimum Gasteiger partial charge on any atom is -0.481 e. The van der Waals surface area contributed by atoms with E-state index in [9.17, 15) is 23.1 Å². The molecule has 1 fully saturated rings. The summed E-state index contributed by atoms with van der Waals surface area (Å²) in [5, 5.41) is 9.90. The molecule has 0 unspecified atom stereocenters. The number of halogens is 4. The third-order valence-electron chi connectivity index (χ3n) is 5.86. The van der Waals surface area contributed by atoms with Crippen LogP contribution in [0.1, 0.15) is 61.9 Å². The first kappa shape index (κ1) is 25.1. The summed E-state index contributed by atoms with van der Waals surface area (Å²) in [5.41, 5.74) is 0.967. The zero-order valence-corrected chi connectivity index (χ0v) is 19.3. The summed E-state index contributed by atoms with van der Waals surface area (Å²) in [7, 11) is 0. The van der Waals surface area contributed by atoms with Crippen LogP contribution < -0.4 is 0 Å². The Balaban J connectivity index is 2.02. The molecule has 3 rings (SSSR count). The predicted molar refractivity (Wildman–Crippen MR) is 123 cm³/mol. The summed E-state index contributed by atoms with van der Waals surface area (Å²) in [5.74, 6) is 5.80. The average Bonchev–Trinajstić information content (AvgIpc) is 2.74. The minimum atomic E-state index is -4.41. The fourth-order valence-electron chi connectivity index (χ4n) is 4.27. The third kappa shape index (κ3) is 6.75. The smallest absolute Gasteiger partial charge is 0.416 e. The highest BCUT2D eigenvalue weighted by atomic mass is 35.5. The largest absolute Gasteiger partial charge is 0.481 e. The van der Waals surface area contributed by atoms with Gasteiger partial charge in [-0.15, -0.1) is 0 Å². The Bertz CT molecular complexity index is 1010. The summed E-state index contributed by atoms with van der Waals surface area (Å²) < 4.78 is 39.3. The minimum absolute atomic E-state index is 0.0360. The molecule has 0 radical (unpaired) electrons. The van der Waals surface area contributed by atoms with E-state index in [0.29, 0.717) is 24.4 Å². The number of rotatable bonds is 5. The molecule has 2 aromatic rings. The predicted octanol–water partition coefficient (Wildman–Crippen LogP) is 6.99. The van der Waals surface area contributed by atoms with Gasteiger partial charge in [0.05, 0.1) is 11.6 Å². The van der Waals surface area contributed by atoms with Crippen LogP contribution in [0.3, 0.4) is 0 Å². The Labute approximate surface area is 197 Å². The molecule has 0 spiro atoms. The van der Waals surface area contributed by atoms with Gasteiger partial charge in [-0.1, -0.05) is 61.6 Å². The van der Waals surface area contributed by atoms with Crippen LogP contribution in [-0.2, 0) is 11.0 Å². The summed E-state index contributed by atoms with van der Waals surface area (Å²) in [6, 6.07) is 12.0. The molecule has 0 aromatic heterocycles. The number of likely N-dealkylation sites (tertiary alicyclic amines) is 1. The van der Waals surface area contributed by atoms with Crippen molar-refractivity contribution >= 4 is 17.6 Å². The fourth-order valence-corrected chi connectivity index (χ4v) is 4.39. The Kier molecular flexibility index (Phi) is 8.10. The van der Waals surface area contributed by atoms with Gasteiger partial charge in [0.1, 0.15) is 0 Å². The van der Waals surface area contributed by atoms with E-state index in [1.165, 1.54) is 12.1 Å². The van der Waals surface area contributed by atoms with Crippen molar-refractivity contribution < 1.29 is 23.1 Å². The first-order valence-electron chi connectivity index (χ1n) is 11.0. The van der Waals surface area contributed by atoms with E-state index >= 15 is 0 Å². The second kappa shape index (κ2) is 10.6. The lowest BCUT2D eigenvalue weighted by atomic mass is 9.83. The molecule has 3 atom stereocenters. The van der Waals surface area contributed by atoms with E-state index in [1.54, 1.807) is 12.1 Å². The van der Waals surface area contributed by atoms with Gasteiger partial charge in [-0.05, 0) is 54.2 Å². The van der Waals surface area contributed by atoms with Crippen molar-refractivity contribution in [1.29, 1.82) is 0 Å². The van der Waals surface area contributed by atoms with Crippen LogP contribution in [0, 0.1) is 23.7 Å². The highest BCUT2D eigenvalue weighted by molar-refractivity contribution is 6.30. The number of piperidine rings is 1. The molecule has 0 saturated carbocycles. The number of carbonyl (C=O) groups is 1. The number of benzene rings is 2. The molecule has 176 valence electrons. The molecule has 0 amide bonds. The van der Waals surface area contributed by atoms with Gasteiger partial charge < -0.3 is 5.11 Å². The SMILES string of the molecule is CC(C)C#C[C@H](c1ccc(Cl)cc1)N1CC[C@@H](CC(=O)O)C[C@H]1c1ccc(C(F)(F)F)cc1. The molecule has 2 aromatic carbocycles. The van der Waals surface area contributed by atoms with Crippen LogP contribution in [0.5, 0.6) is 0 Å². The van der Waals surface area contributed by atoms with E-state index in [1.807, 2.05) is 26.0 Å². The molecule has 3 nitrogen and oxygen atoms in total. The fraction of sp³-hybridized carbons (Fsp3) is 0.423. The highest BCUT2D eigenvalue weighted by Crippen LogP contribution is 2.41. The molecular weight excluding hydrogens is 451 g/mol. The van der Waals surface area contributed by atoms with Crippen molar-refractivity contribution in [1.82, 2.24) is 4.90 Å². The van der Waals surface area contributed by atoms with Gasteiger partial charge in [-0.25, -0.2) is 0 Å². The lowest BCUT2D eigenvalue weighted by molar-refractivity contribution is -0.139. The van der Waals surface area contributed by atoms with Gasteiger partial charge in [-0.3, -0.25) is 9.69 Å². The number of carboxylic acids is 1. The molecular formula is C26H27ClF3NO2. The lowest BCUT2D eigenvalue weighted by Crippen LogP contribution is -2.39. The number of hydrogen-bond acceptors (Lipinski definition) is 2. The van der Waals surface area contributed by atoms with Crippen LogP contribution in [-0.4, -0.2) is 22.5 Å². The second-order valence-corrected chi connectivity index (χ2v) is 9.20. The number of alkyl halides is 3. The number of nitrogens with zero attached hydrogens (tertiary/aromatic N) is 1. The van der Waals surface area contributed by atoms with Crippen molar-refractivity contribution in [2.45, 2.75) is 51.4 Å². The molecule has 0 aliphatic carbocycles. The molecule has 7 heteroatoms. The van der Waals surface area contributed by atoms with E-state index in [2.05, 4.69) is 16.7 Å². The van der Waals surface area contributed by atoms with Crippen molar-refractivity contribution in [3.8, 4) is 11.8 Å². The zero-order valence-electron chi connectivity index (χ0n) is 18.6. The van der Waals surface area contributed by atoms with Gasteiger partial charge in [0, 0.05) is 29.9 Å². The monoisotopic (exact) mass is 477 g/mol. The molecule has 1 aliphatic rings. The Hall–Kier alpha value is -2.49. The van der Waals surface area contributed by atoms with Crippen molar-refractivity contribution in [3.63, 3.8) is 0 Å². The van der Waals surface area contributed by atoms with Crippen molar-refractivity contribution in [3.05, 3.63) is 70.2 Å². The highest BCUT2D eigenvalue weighted by Gasteiger charge is 2.36. The number of hydrogen-bond donors (Lipinski definition) is 1. The third-order valence-corrected chi connectivity index (χ3v) is 6.12. The normalized spacial score (nSPS) is 20.2. The van der Waals surface area contributed by atoms with Gasteiger partial charge in [0.15, 0.2) is 0 Å². The summed E-state index contributed by atoms with van der Waals surface area (Å²) in [6.07, 6.45) is -3.17. The summed E-state index contributed by atoms with van der Waals surface area (Å²) >= 11 is 6.08. The molecule has 1 N–H and O–H groups in total. The maximum atomic E-state index is 13.1. The number of carboxylic acid groups (broad SMARTS) is 1. The topological polar surface area (TPSA) is 40.5 Å². The molecule has 1 saturated heterocycles. The molecule has 1 heterocycles. The van der Waals surface area contributed by atoms with Gasteiger partial charge in [-0.2, -0.15) is 13.2 Å². The van der Waals surface area contributed by atoms with E-state index in [-0.39, 0.29) is 30.3 Å². The van der Waals surface area contributed by atoms with Crippen LogP contribution in [0.4, 0.5) is 13.2 Å². The second-order valence-electron chi connectivity index (χ2n) is 8.76.